The van der Waals surface area contributed by atoms with Crippen LogP contribution in [0.1, 0.15) is 84.7 Å². The number of ether oxygens (including phenoxy) is 1. The van der Waals surface area contributed by atoms with Crippen molar-refractivity contribution in [1.82, 2.24) is 4.90 Å². The standard InChI is InChI=1S/C21H22N2O3.C5H12.C2H6/c1-21(2,3)26-20(25)23-11-9-13(10-12-23)14-7-8-16-18-15(14)5-4-6-17(18)22-19(16)24;1-5(2,3)4;1-2/h4-9H,10-12H2,1-3H3,(H,22,24);1-4H3;1-2H3. The smallest absolute Gasteiger partial charge is 0.410 e. The summed E-state index contributed by atoms with van der Waals surface area (Å²) in [5, 5.41) is 4.99. The summed E-state index contributed by atoms with van der Waals surface area (Å²) in [6.07, 6.45) is 2.57. The number of carbonyl (C=O) groups is 2. The Hall–Kier alpha value is -2.82. The van der Waals surface area contributed by atoms with Crippen LogP contribution in [0.25, 0.3) is 16.3 Å². The molecule has 5 heteroatoms. The molecule has 0 bridgehead atoms. The molecule has 2 aliphatic rings. The van der Waals surface area contributed by atoms with Crippen LogP contribution in [0.2, 0.25) is 0 Å². The third-order valence-corrected chi connectivity index (χ3v) is 4.74. The van der Waals surface area contributed by atoms with Gasteiger partial charge in [0.15, 0.2) is 0 Å². The molecule has 2 aromatic rings. The lowest BCUT2D eigenvalue weighted by Crippen LogP contribution is -2.39. The number of benzene rings is 2. The molecule has 5 nitrogen and oxygen atoms in total. The predicted octanol–water partition coefficient (Wildman–Crippen LogP) is 7.51. The summed E-state index contributed by atoms with van der Waals surface area (Å²) >= 11 is 0. The molecule has 0 saturated heterocycles. The van der Waals surface area contributed by atoms with Crippen LogP contribution in [-0.4, -0.2) is 35.6 Å². The van der Waals surface area contributed by atoms with Gasteiger partial charge in [0.1, 0.15) is 5.60 Å². The van der Waals surface area contributed by atoms with Gasteiger partial charge in [-0.2, -0.15) is 0 Å². The highest BCUT2D eigenvalue weighted by Gasteiger charge is 2.26. The summed E-state index contributed by atoms with van der Waals surface area (Å²) < 4.78 is 5.45. The Bertz CT molecular complexity index is 1030. The molecule has 1 N–H and O–H groups in total. The molecule has 4 rings (SSSR count). The van der Waals surface area contributed by atoms with E-state index in [0.29, 0.717) is 18.5 Å². The van der Waals surface area contributed by atoms with Crippen molar-refractivity contribution in [3.05, 3.63) is 47.5 Å². The molecule has 2 aromatic carbocycles. The highest BCUT2D eigenvalue weighted by atomic mass is 16.6. The third-order valence-electron chi connectivity index (χ3n) is 4.74. The molecule has 33 heavy (non-hydrogen) atoms. The first-order chi connectivity index (χ1) is 15.3. The van der Waals surface area contributed by atoms with Crippen molar-refractivity contribution in [2.75, 3.05) is 18.4 Å². The molecular weight excluding hydrogens is 412 g/mol. The van der Waals surface area contributed by atoms with Crippen molar-refractivity contribution in [2.24, 2.45) is 5.41 Å². The minimum atomic E-state index is -0.488. The third kappa shape index (κ3) is 7.08. The molecule has 180 valence electrons. The van der Waals surface area contributed by atoms with E-state index in [-0.39, 0.29) is 12.0 Å². The van der Waals surface area contributed by atoms with E-state index in [2.05, 4.69) is 45.2 Å². The van der Waals surface area contributed by atoms with Crippen LogP contribution in [-0.2, 0) is 4.74 Å². The largest absolute Gasteiger partial charge is 0.444 e. The second-order valence-corrected chi connectivity index (χ2v) is 10.7. The molecule has 2 amide bonds. The van der Waals surface area contributed by atoms with Gasteiger partial charge in [-0.05, 0) is 61.3 Å². The molecular formula is C28H40N2O3. The van der Waals surface area contributed by atoms with Crippen molar-refractivity contribution < 1.29 is 14.3 Å². The predicted molar refractivity (Wildman–Crippen MR) is 139 cm³/mol. The summed E-state index contributed by atoms with van der Waals surface area (Å²) in [5.41, 5.74) is 3.94. The zero-order valence-corrected chi connectivity index (χ0v) is 21.8. The number of amides is 2. The first-order valence-electron chi connectivity index (χ1n) is 11.9. The molecule has 2 aliphatic heterocycles. The van der Waals surface area contributed by atoms with Crippen molar-refractivity contribution in [2.45, 2.75) is 74.3 Å². The van der Waals surface area contributed by atoms with Gasteiger partial charge < -0.3 is 15.0 Å². The summed E-state index contributed by atoms with van der Waals surface area (Å²) in [4.78, 5) is 26.0. The van der Waals surface area contributed by atoms with E-state index in [4.69, 9.17) is 4.74 Å². The van der Waals surface area contributed by atoms with Gasteiger partial charge in [0, 0.05) is 29.7 Å². The fourth-order valence-electron chi connectivity index (χ4n) is 3.58. The van der Waals surface area contributed by atoms with E-state index in [1.165, 1.54) is 5.57 Å². The average Bonchev–Trinajstić information content (AvgIpc) is 3.05. The van der Waals surface area contributed by atoms with Crippen LogP contribution in [0, 0.1) is 5.41 Å². The Kier molecular flexibility index (Phi) is 8.34. The lowest BCUT2D eigenvalue weighted by atomic mass is 9.92. The van der Waals surface area contributed by atoms with Crippen LogP contribution < -0.4 is 5.32 Å². The highest BCUT2D eigenvalue weighted by Crippen LogP contribution is 2.38. The second kappa shape index (κ2) is 10.4. The van der Waals surface area contributed by atoms with Crippen molar-refractivity contribution in [3.8, 4) is 0 Å². The van der Waals surface area contributed by atoms with Crippen LogP contribution >= 0.6 is 0 Å². The molecule has 0 aromatic heterocycles. The van der Waals surface area contributed by atoms with Gasteiger partial charge in [-0.3, -0.25) is 4.79 Å². The van der Waals surface area contributed by atoms with Gasteiger partial charge in [0.05, 0.1) is 0 Å². The maximum absolute atomic E-state index is 12.2. The number of hydrogen-bond acceptors (Lipinski definition) is 3. The first kappa shape index (κ1) is 26.4. The zero-order chi connectivity index (χ0) is 25.0. The quantitative estimate of drug-likeness (QED) is 0.487. The van der Waals surface area contributed by atoms with Crippen molar-refractivity contribution >= 4 is 34.0 Å². The maximum Gasteiger partial charge on any atom is 0.410 e. The first-order valence-corrected chi connectivity index (χ1v) is 11.9. The molecule has 0 spiro atoms. The van der Waals surface area contributed by atoms with Crippen LogP contribution in [0.5, 0.6) is 0 Å². The number of nitrogens with one attached hydrogen (secondary N) is 1. The number of carbonyl (C=O) groups excluding carboxylic acids is 2. The topological polar surface area (TPSA) is 58.6 Å². The van der Waals surface area contributed by atoms with Crippen molar-refractivity contribution in [1.29, 1.82) is 0 Å². The average molecular weight is 453 g/mol. The highest BCUT2D eigenvalue weighted by molar-refractivity contribution is 6.25. The number of anilines is 1. The molecule has 0 aliphatic carbocycles. The zero-order valence-electron chi connectivity index (χ0n) is 21.8. The van der Waals surface area contributed by atoms with E-state index < -0.39 is 5.60 Å². The lowest BCUT2D eigenvalue weighted by molar-refractivity contribution is 0.0270. The molecule has 0 unspecified atom stereocenters. The monoisotopic (exact) mass is 452 g/mol. The molecule has 2 heterocycles. The fraction of sp³-hybridized carbons (Fsp3) is 0.500. The summed E-state index contributed by atoms with van der Waals surface area (Å²) in [5.74, 6) is -0.0449. The van der Waals surface area contributed by atoms with Gasteiger partial charge >= 0.3 is 6.09 Å². The van der Waals surface area contributed by atoms with Crippen LogP contribution in [0.4, 0.5) is 10.5 Å². The SMILES string of the molecule is CC.CC(C)(C)C.CC(C)(C)OC(=O)N1CC=C(c2ccc3c4c(cccc24)NC3=O)CC1. The normalized spacial score (nSPS) is 15.0. The Balaban J connectivity index is 0.000000489. The summed E-state index contributed by atoms with van der Waals surface area (Å²) in [6.45, 7) is 19.5. The van der Waals surface area contributed by atoms with Crippen LogP contribution in [0.3, 0.4) is 0 Å². The van der Waals surface area contributed by atoms with Gasteiger partial charge in [-0.15, -0.1) is 0 Å². The van der Waals surface area contributed by atoms with Crippen LogP contribution in [0.15, 0.2) is 36.4 Å². The second-order valence-electron chi connectivity index (χ2n) is 10.7. The maximum atomic E-state index is 12.2. The minimum absolute atomic E-state index is 0.0449. The number of rotatable bonds is 1. The molecule has 0 fully saturated rings. The van der Waals surface area contributed by atoms with Gasteiger partial charge in [-0.25, -0.2) is 4.79 Å². The lowest BCUT2D eigenvalue weighted by Gasteiger charge is -2.30. The molecule has 0 radical (unpaired) electrons. The Morgan fingerprint density at radius 2 is 1.58 bits per heavy atom. The van der Waals surface area contributed by atoms with E-state index in [1.807, 2.05) is 58.9 Å². The number of hydrogen-bond donors (Lipinski definition) is 1. The summed E-state index contributed by atoms with van der Waals surface area (Å²) in [6, 6.07) is 9.86. The van der Waals surface area contributed by atoms with E-state index in [1.54, 1.807) is 4.90 Å². The van der Waals surface area contributed by atoms with E-state index >= 15 is 0 Å². The molecule has 0 saturated carbocycles. The summed E-state index contributed by atoms with van der Waals surface area (Å²) in [7, 11) is 0. The van der Waals surface area contributed by atoms with Gasteiger partial charge in [0.2, 0.25) is 0 Å². The van der Waals surface area contributed by atoms with Gasteiger partial charge in [-0.1, -0.05) is 65.8 Å². The number of nitrogens with zero attached hydrogens (tertiary/aromatic N) is 1. The molecule has 0 atom stereocenters. The van der Waals surface area contributed by atoms with E-state index in [9.17, 15) is 9.59 Å². The van der Waals surface area contributed by atoms with Gasteiger partial charge in [0.25, 0.3) is 5.91 Å². The Morgan fingerprint density at radius 1 is 0.970 bits per heavy atom. The minimum Gasteiger partial charge on any atom is -0.444 e. The fourth-order valence-corrected chi connectivity index (χ4v) is 3.58. The van der Waals surface area contributed by atoms with Crippen molar-refractivity contribution in [3.63, 3.8) is 0 Å². The van der Waals surface area contributed by atoms with E-state index in [0.717, 1.165) is 34.0 Å². The Morgan fingerprint density at radius 3 is 2.12 bits per heavy atom. The Labute approximate surface area is 199 Å².